The first-order valence-electron chi connectivity index (χ1n) is 7.37. The Morgan fingerprint density at radius 1 is 1.29 bits per heavy atom. The highest BCUT2D eigenvalue weighted by atomic mass is 16.5. The number of aromatic nitrogens is 2. The molecule has 0 spiro atoms. The predicted octanol–water partition coefficient (Wildman–Crippen LogP) is 1.71. The van der Waals surface area contributed by atoms with Gasteiger partial charge in [-0.1, -0.05) is 25.4 Å². The van der Waals surface area contributed by atoms with Gasteiger partial charge in [0.1, 0.15) is 0 Å². The van der Waals surface area contributed by atoms with Crippen LogP contribution < -0.4 is 5.32 Å². The van der Waals surface area contributed by atoms with E-state index < -0.39 is 5.97 Å². The molecule has 0 fully saturated rings. The number of nitrogens with zero attached hydrogens (tertiary/aromatic N) is 2. The van der Waals surface area contributed by atoms with Crippen LogP contribution in [0.5, 0.6) is 0 Å². The van der Waals surface area contributed by atoms with Gasteiger partial charge in [-0.15, -0.1) is 0 Å². The third-order valence-electron chi connectivity index (χ3n) is 2.97. The molecule has 0 radical (unpaired) electrons. The summed E-state index contributed by atoms with van der Waals surface area (Å²) in [5, 5.41) is 15.4. The minimum absolute atomic E-state index is 0.0548. The summed E-state index contributed by atoms with van der Waals surface area (Å²) in [6.45, 7) is 3.98. The van der Waals surface area contributed by atoms with Crippen molar-refractivity contribution in [1.29, 1.82) is 0 Å². The summed E-state index contributed by atoms with van der Waals surface area (Å²) in [4.78, 5) is 26.7. The van der Waals surface area contributed by atoms with Gasteiger partial charge in [0.15, 0.2) is 5.82 Å². The Kier molecular flexibility index (Phi) is 7.42. The Morgan fingerprint density at radius 2 is 2.05 bits per heavy atom. The first-order valence-corrected chi connectivity index (χ1v) is 7.37. The number of nitrogens with one attached hydrogen (secondary N) is 1. The summed E-state index contributed by atoms with van der Waals surface area (Å²) in [5.41, 5.74) is 0. The topological polar surface area (TPSA) is 105 Å². The van der Waals surface area contributed by atoms with Crippen molar-refractivity contribution in [2.45, 2.75) is 64.8 Å². The summed E-state index contributed by atoms with van der Waals surface area (Å²) < 4.78 is 5.05. The van der Waals surface area contributed by atoms with Gasteiger partial charge in [0.05, 0.1) is 6.42 Å². The Hall–Kier alpha value is -1.92. The van der Waals surface area contributed by atoms with Gasteiger partial charge in [0.2, 0.25) is 11.8 Å². The van der Waals surface area contributed by atoms with Gasteiger partial charge in [-0.2, -0.15) is 4.98 Å². The molecule has 0 aliphatic carbocycles. The van der Waals surface area contributed by atoms with Crippen molar-refractivity contribution >= 4 is 11.9 Å². The Labute approximate surface area is 124 Å². The Bertz CT molecular complexity index is 459. The van der Waals surface area contributed by atoms with Gasteiger partial charge in [-0.05, 0) is 12.8 Å². The van der Waals surface area contributed by atoms with Crippen LogP contribution in [0.25, 0.3) is 0 Å². The first-order chi connectivity index (χ1) is 10.0. The first kappa shape index (κ1) is 17.1. The van der Waals surface area contributed by atoms with E-state index in [1.807, 2.05) is 13.8 Å². The second-order valence-electron chi connectivity index (χ2n) is 5.01. The van der Waals surface area contributed by atoms with Crippen LogP contribution in [-0.4, -0.2) is 33.2 Å². The van der Waals surface area contributed by atoms with E-state index in [1.165, 1.54) is 0 Å². The van der Waals surface area contributed by atoms with Crippen molar-refractivity contribution in [2.75, 3.05) is 0 Å². The fourth-order valence-electron chi connectivity index (χ4n) is 2.02. The molecular formula is C14H23N3O4. The van der Waals surface area contributed by atoms with Gasteiger partial charge in [-0.25, -0.2) is 0 Å². The highest BCUT2D eigenvalue weighted by Crippen LogP contribution is 2.05. The molecule has 7 nitrogen and oxygen atoms in total. The molecule has 1 aromatic heterocycles. The van der Waals surface area contributed by atoms with Gasteiger partial charge in [0, 0.05) is 25.3 Å². The number of carbonyl (C=O) groups is 2. The highest BCUT2D eigenvalue weighted by Gasteiger charge is 2.16. The maximum absolute atomic E-state index is 11.8. The molecule has 0 saturated heterocycles. The molecule has 0 aliphatic heterocycles. The minimum atomic E-state index is -0.908. The molecule has 0 aromatic carbocycles. The van der Waals surface area contributed by atoms with Crippen LogP contribution in [0.15, 0.2) is 4.52 Å². The lowest BCUT2D eigenvalue weighted by Gasteiger charge is -2.15. The molecule has 0 saturated carbocycles. The zero-order chi connectivity index (χ0) is 15.7. The lowest BCUT2D eigenvalue weighted by molar-refractivity contribution is -0.137. The average molecular weight is 297 g/mol. The largest absolute Gasteiger partial charge is 0.481 e. The lowest BCUT2D eigenvalue weighted by Crippen LogP contribution is -2.36. The smallest absolute Gasteiger partial charge is 0.305 e. The normalized spacial score (nSPS) is 12.1. The predicted molar refractivity (Wildman–Crippen MR) is 75.7 cm³/mol. The molecule has 1 atom stereocenters. The third kappa shape index (κ3) is 6.87. The average Bonchev–Trinajstić information content (AvgIpc) is 2.84. The zero-order valence-corrected chi connectivity index (χ0v) is 12.6. The number of aryl methyl sites for hydroxylation is 2. The molecule has 1 unspecified atom stereocenters. The number of carbonyl (C=O) groups excluding carboxylic acids is 1. The van der Waals surface area contributed by atoms with Crippen LogP contribution in [0.3, 0.4) is 0 Å². The van der Waals surface area contributed by atoms with Crippen molar-refractivity contribution in [3.05, 3.63) is 11.7 Å². The van der Waals surface area contributed by atoms with Gasteiger partial charge < -0.3 is 14.9 Å². The van der Waals surface area contributed by atoms with Crippen LogP contribution in [0.4, 0.5) is 0 Å². The van der Waals surface area contributed by atoms with E-state index in [0.717, 1.165) is 19.3 Å². The molecule has 7 heteroatoms. The quantitative estimate of drug-likeness (QED) is 0.681. The number of rotatable bonds is 10. The molecule has 1 aromatic rings. The van der Waals surface area contributed by atoms with Crippen LogP contribution in [-0.2, 0) is 22.4 Å². The van der Waals surface area contributed by atoms with Gasteiger partial charge in [0.25, 0.3) is 0 Å². The van der Waals surface area contributed by atoms with Gasteiger partial charge >= 0.3 is 5.97 Å². The van der Waals surface area contributed by atoms with Crippen molar-refractivity contribution < 1.29 is 19.2 Å². The van der Waals surface area contributed by atoms with Crippen molar-refractivity contribution in [1.82, 2.24) is 15.5 Å². The summed E-state index contributed by atoms with van der Waals surface area (Å²) in [5.74, 6) is 0.00122. The van der Waals surface area contributed by atoms with E-state index in [0.29, 0.717) is 24.6 Å². The molecule has 1 heterocycles. The third-order valence-corrected chi connectivity index (χ3v) is 2.97. The summed E-state index contributed by atoms with van der Waals surface area (Å²) in [6, 6.07) is -0.321. The Morgan fingerprint density at radius 3 is 2.67 bits per heavy atom. The number of hydrogen-bond acceptors (Lipinski definition) is 5. The maximum Gasteiger partial charge on any atom is 0.305 e. The van der Waals surface area contributed by atoms with Crippen LogP contribution in [0, 0.1) is 0 Å². The zero-order valence-electron chi connectivity index (χ0n) is 12.6. The van der Waals surface area contributed by atoms with Crippen molar-refractivity contribution in [3.63, 3.8) is 0 Å². The molecule has 118 valence electrons. The van der Waals surface area contributed by atoms with Crippen LogP contribution in [0.2, 0.25) is 0 Å². The minimum Gasteiger partial charge on any atom is -0.481 e. The van der Waals surface area contributed by atoms with Crippen LogP contribution in [0.1, 0.15) is 57.7 Å². The van der Waals surface area contributed by atoms with Crippen LogP contribution >= 0.6 is 0 Å². The molecule has 0 bridgehead atoms. The fourth-order valence-corrected chi connectivity index (χ4v) is 2.02. The molecule has 1 rings (SSSR count). The number of carboxylic acids is 1. The molecular weight excluding hydrogens is 274 g/mol. The molecule has 21 heavy (non-hydrogen) atoms. The number of hydrogen-bond donors (Lipinski definition) is 2. The SMILES string of the molecule is CCCc1noc(CCC(=O)NC(CCC)CC(=O)O)n1. The standard InChI is InChI=1S/C14H23N3O4/c1-3-5-10(9-14(19)20)15-12(18)7-8-13-16-11(6-4-2)17-21-13/h10H,3-9H2,1-2H3,(H,15,18)(H,19,20). The van der Waals surface area contributed by atoms with E-state index >= 15 is 0 Å². The highest BCUT2D eigenvalue weighted by molar-refractivity contribution is 5.77. The number of aliphatic carboxylic acids is 1. The number of carboxylic acid groups (broad SMARTS) is 1. The van der Waals surface area contributed by atoms with E-state index in [9.17, 15) is 9.59 Å². The summed E-state index contributed by atoms with van der Waals surface area (Å²) in [6.07, 6.45) is 3.70. The van der Waals surface area contributed by atoms with E-state index in [1.54, 1.807) is 0 Å². The number of amides is 1. The monoisotopic (exact) mass is 297 g/mol. The molecule has 2 N–H and O–H groups in total. The van der Waals surface area contributed by atoms with Gasteiger partial charge in [-0.3, -0.25) is 9.59 Å². The molecule has 0 aliphatic rings. The summed E-state index contributed by atoms with van der Waals surface area (Å²) in [7, 11) is 0. The lowest BCUT2D eigenvalue weighted by atomic mass is 10.1. The van der Waals surface area contributed by atoms with E-state index in [4.69, 9.17) is 9.63 Å². The fraction of sp³-hybridized carbons (Fsp3) is 0.714. The van der Waals surface area contributed by atoms with E-state index in [2.05, 4.69) is 15.5 Å². The van der Waals surface area contributed by atoms with E-state index in [-0.39, 0.29) is 24.8 Å². The summed E-state index contributed by atoms with van der Waals surface area (Å²) >= 11 is 0. The van der Waals surface area contributed by atoms with Crippen molar-refractivity contribution in [3.8, 4) is 0 Å². The second-order valence-corrected chi connectivity index (χ2v) is 5.01. The maximum atomic E-state index is 11.8. The Balaban J connectivity index is 2.38. The molecule has 1 amide bonds. The second kappa shape index (κ2) is 9.10. The van der Waals surface area contributed by atoms with Crippen molar-refractivity contribution in [2.24, 2.45) is 0 Å².